The average molecular weight is 450 g/mol. The van der Waals surface area contributed by atoms with Crippen molar-refractivity contribution in [1.29, 1.82) is 0 Å². The first-order valence-electron chi connectivity index (χ1n) is 10.6. The summed E-state index contributed by atoms with van der Waals surface area (Å²) in [6, 6.07) is 21.3. The molecule has 33 heavy (non-hydrogen) atoms. The summed E-state index contributed by atoms with van der Waals surface area (Å²) >= 11 is 0. The molecule has 0 atom stereocenters. The first-order valence-corrected chi connectivity index (χ1v) is 10.6. The Morgan fingerprint density at radius 3 is 1.97 bits per heavy atom. The fourth-order valence-electron chi connectivity index (χ4n) is 2.84. The summed E-state index contributed by atoms with van der Waals surface area (Å²) in [7, 11) is 0. The molecule has 4 rings (SSSR count). The molecule has 0 aliphatic heterocycles. The van der Waals surface area contributed by atoms with Gasteiger partial charge in [0.15, 0.2) is 11.3 Å². The molecule has 4 aromatic rings. The predicted octanol–water partition coefficient (Wildman–Crippen LogP) is 5.33. The van der Waals surface area contributed by atoms with Crippen molar-refractivity contribution in [3.05, 3.63) is 94.9 Å². The van der Waals surface area contributed by atoms with Gasteiger partial charge in [-0.05, 0) is 21.4 Å². The van der Waals surface area contributed by atoms with Gasteiger partial charge in [0.05, 0.1) is 0 Å². The molecule has 2 aromatic heterocycles. The van der Waals surface area contributed by atoms with Crippen molar-refractivity contribution in [3.8, 4) is 11.8 Å². The van der Waals surface area contributed by atoms with E-state index in [-0.39, 0.29) is 18.1 Å². The number of rotatable bonds is 9. The molecule has 172 valence electrons. The third-order valence-electron chi connectivity index (χ3n) is 4.60. The van der Waals surface area contributed by atoms with Gasteiger partial charge in [-0.1, -0.05) is 74.5 Å². The first kappa shape index (κ1) is 23.6. The van der Waals surface area contributed by atoms with Crippen LogP contribution < -0.4 is 9.47 Å². The third kappa shape index (κ3) is 6.96. The van der Waals surface area contributed by atoms with Gasteiger partial charge in [0.1, 0.15) is 19.0 Å². The third-order valence-corrected chi connectivity index (χ3v) is 4.60. The van der Waals surface area contributed by atoms with Gasteiger partial charge in [-0.3, -0.25) is 0 Å². The fourth-order valence-corrected chi connectivity index (χ4v) is 2.84. The van der Waals surface area contributed by atoms with Crippen molar-refractivity contribution < 1.29 is 28.4 Å². The van der Waals surface area contributed by atoms with E-state index in [4.69, 9.17) is 23.6 Å². The van der Waals surface area contributed by atoms with E-state index in [0.717, 1.165) is 23.3 Å². The Morgan fingerprint density at radius 1 is 0.848 bits per heavy atom. The molecular formula is C25H26N2O6. The number of benzene rings is 2. The lowest BCUT2D eigenvalue weighted by Gasteiger charge is -2.03. The van der Waals surface area contributed by atoms with Gasteiger partial charge in [-0.25, -0.2) is 4.79 Å². The van der Waals surface area contributed by atoms with Crippen molar-refractivity contribution in [2.24, 2.45) is 0 Å². The molecule has 0 aliphatic carbocycles. The zero-order valence-corrected chi connectivity index (χ0v) is 18.6. The van der Waals surface area contributed by atoms with Gasteiger partial charge < -0.3 is 23.6 Å². The standard InChI is InChI=1S/C13H13NO4.C12H13NO2/c1-2-10-11(13(15)16)12(14-18-10)17-8-9-6-4-3-5-7-9;1-2-11-8-12(13-15-11)14-9-10-6-4-3-5-7-10/h3-7H,2,8H2,1H3,(H,15,16);3-8H,2,9H2,1H3. The summed E-state index contributed by atoms with van der Waals surface area (Å²) in [6.45, 7) is 4.60. The lowest BCUT2D eigenvalue weighted by atomic mass is 10.2. The first-order chi connectivity index (χ1) is 16.1. The maximum absolute atomic E-state index is 11.1. The van der Waals surface area contributed by atoms with Gasteiger partial charge in [-0.15, -0.1) is 0 Å². The Bertz CT molecular complexity index is 1120. The molecule has 0 saturated carbocycles. The summed E-state index contributed by atoms with van der Waals surface area (Å²) in [5, 5.41) is 16.5. The van der Waals surface area contributed by atoms with Gasteiger partial charge >= 0.3 is 5.97 Å². The van der Waals surface area contributed by atoms with Crippen molar-refractivity contribution in [2.75, 3.05) is 0 Å². The molecule has 0 aliphatic rings. The number of aromatic carboxylic acids is 1. The van der Waals surface area contributed by atoms with Crippen molar-refractivity contribution in [2.45, 2.75) is 39.9 Å². The van der Waals surface area contributed by atoms with Crippen LogP contribution in [0.2, 0.25) is 0 Å². The van der Waals surface area contributed by atoms with Crippen LogP contribution in [-0.2, 0) is 26.1 Å². The highest BCUT2D eigenvalue weighted by molar-refractivity contribution is 5.91. The van der Waals surface area contributed by atoms with Gasteiger partial charge in [-0.2, -0.15) is 0 Å². The summed E-state index contributed by atoms with van der Waals surface area (Å²) < 4.78 is 20.8. The van der Waals surface area contributed by atoms with E-state index in [1.165, 1.54) is 0 Å². The molecule has 0 amide bonds. The second-order valence-electron chi connectivity index (χ2n) is 6.98. The molecule has 0 unspecified atom stereocenters. The number of nitrogens with zero attached hydrogens (tertiary/aromatic N) is 2. The molecule has 0 bridgehead atoms. The highest BCUT2D eigenvalue weighted by Crippen LogP contribution is 2.23. The number of carboxylic acid groups (broad SMARTS) is 1. The summed E-state index contributed by atoms with van der Waals surface area (Å²) in [6.07, 6.45) is 1.30. The minimum Gasteiger partial charge on any atom is -0.477 e. The zero-order valence-electron chi connectivity index (χ0n) is 18.6. The molecule has 8 nitrogen and oxygen atoms in total. The lowest BCUT2D eigenvalue weighted by molar-refractivity contribution is 0.0690. The normalized spacial score (nSPS) is 10.2. The fraction of sp³-hybridized carbons (Fsp3) is 0.240. The Morgan fingerprint density at radius 2 is 1.45 bits per heavy atom. The molecule has 2 aromatic carbocycles. The molecular weight excluding hydrogens is 424 g/mol. The van der Waals surface area contributed by atoms with Gasteiger partial charge in [0, 0.05) is 18.9 Å². The number of aromatic nitrogens is 2. The van der Waals surface area contributed by atoms with Crippen LogP contribution in [0.25, 0.3) is 0 Å². The smallest absolute Gasteiger partial charge is 0.344 e. The van der Waals surface area contributed by atoms with Crippen LogP contribution in [0.1, 0.15) is 46.9 Å². The number of ether oxygens (including phenoxy) is 2. The molecule has 0 fully saturated rings. The average Bonchev–Trinajstić information content (AvgIpc) is 3.50. The van der Waals surface area contributed by atoms with Crippen LogP contribution in [0.3, 0.4) is 0 Å². The number of carbonyl (C=O) groups is 1. The summed E-state index contributed by atoms with van der Waals surface area (Å²) in [5.74, 6) is 0.665. The van der Waals surface area contributed by atoms with Crippen LogP contribution in [-0.4, -0.2) is 21.4 Å². The quantitative estimate of drug-likeness (QED) is 0.364. The minimum absolute atomic E-state index is 0.00781. The molecule has 2 heterocycles. The van der Waals surface area contributed by atoms with Crippen molar-refractivity contribution >= 4 is 5.97 Å². The summed E-state index contributed by atoms with van der Waals surface area (Å²) in [4.78, 5) is 11.1. The van der Waals surface area contributed by atoms with Crippen LogP contribution in [0.5, 0.6) is 11.8 Å². The second-order valence-corrected chi connectivity index (χ2v) is 6.98. The Hall–Kier alpha value is -4.07. The zero-order chi connectivity index (χ0) is 23.5. The van der Waals surface area contributed by atoms with Crippen molar-refractivity contribution in [1.82, 2.24) is 10.3 Å². The predicted molar refractivity (Wildman–Crippen MR) is 120 cm³/mol. The highest BCUT2D eigenvalue weighted by atomic mass is 16.5. The molecule has 0 radical (unpaired) electrons. The topological polar surface area (TPSA) is 108 Å². The van der Waals surface area contributed by atoms with E-state index in [1.54, 1.807) is 6.92 Å². The van der Waals surface area contributed by atoms with E-state index < -0.39 is 5.97 Å². The Labute approximate surface area is 191 Å². The van der Waals surface area contributed by atoms with E-state index in [2.05, 4.69) is 10.3 Å². The van der Waals surface area contributed by atoms with E-state index in [0.29, 0.717) is 24.7 Å². The maximum atomic E-state index is 11.1. The minimum atomic E-state index is -1.09. The maximum Gasteiger partial charge on any atom is 0.344 e. The second kappa shape index (κ2) is 12.1. The Kier molecular flexibility index (Phi) is 8.64. The molecule has 0 saturated heterocycles. The lowest BCUT2D eigenvalue weighted by Crippen LogP contribution is -2.03. The largest absolute Gasteiger partial charge is 0.477 e. The molecule has 1 N–H and O–H groups in total. The SMILES string of the molecule is CCc1cc(OCc2ccccc2)no1.CCc1onc(OCc2ccccc2)c1C(=O)O. The van der Waals surface area contributed by atoms with E-state index in [1.807, 2.05) is 73.7 Å². The number of aryl methyl sites for hydroxylation is 2. The van der Waals surface area contributed by atoms with Crippen LogP contribution in [0.4, 0.5) is 0 Å². The molecule has 0 spiro atoms. The van der Waals surface area contributed by atoms with Crippen LogP contribution in [0.15, 0.2) is 75.8 Å². The van der Waals surface area contributed by atoms with E-state index >= 15 is 0 Å². The van der Waals surface area contributed by atoms with E-state index in [9.17, 15) is 4.79 Å². The van der Waals surface area contributed by atoms with Crippen LogP contribution in [0, 0.1) is 0 Å². The number of hydrogen-bond acceptors (Lipinski definition) is 7. The number of carboxylic acids is 1. The van der Waals surface area contributed by atoms with Crippen molar-refractivity contribution in [3.63, 3.8) is 0 Å². The molecule has 8 heteroatoms. The van der Waals surface area contributed by atoms with Gasteiger partial charge in [0.2, 0.25) is 0 Å². The van der Waals surface area contributed by atoms with Gasteiger partial charge in [0.25, 0.3) is 11.8 Å². The monoisotopic (exact) mass is 450 g/mol. The highest BCUT2D eigenvalue weighted by Gasteiger charge is 2.22. The van der Waals surface area contributed by atoms with Crippen LogP contribution >= 0.6 is 0 Å². The Balaban J connectivity index is 0.000000189. The summed E-state index contributed by atoms with van der Waals surface area (Å²) in [5.41, 5.74) is 2.07. The number of hydrogen-bond donors (Lipinski definition) is 1.